The van der Waals surface area contributed by atoms with Gasteiger partial charge in [0.05, 0.1) is 11.6 Å². The second-order valence-corrected chi connectivity index (χ2v) is 9.52. The van der Waals surface area contributed by atoms with Crippen LogP contribution in [0.4, 0.5) is 5.82 Å². The standard InChI is InChI=1S/C29H32N6O/c1-22-16-23(2)35(32-22)28-17-27(30-21-31-28)33-15-9-14-26(20-33)29(36)34(18-24-10-5-3-6-11-24)19-25-12-7-4-8-13-25/h3-8,10-13,16-17,21,26H,9,14-15,18-20H2,1-2H3. The van der Waals surface area contributed by atoms with Crippen molar-refractivity contribution in [3.63, 3.8) is 0 Å². The van der Waals surface area contributed by atoms with E-state index in [-0.39, 0.29) is 11.8 Å². The van der Waals surface area contributed by atoms with E-state index >= 15 is 0 Å². The number of carbonyl (C=O) groups is 1. The van der Waals surface area contributed by atoms with Crippen LogP contribution in [0.15, 0.2) is 79.1 Å². The Morgan fingerprint density at radius 3 is 2.17 bits per heavy atom. The lowest BCUT2D eigenvalue weighted by atomic mass is 9.96. The van der Waals surface area contributed by atoms with E-state index in [2.05, 4.69) is 44.2 Å². The number of benzene rings is 2. The average molecular weight is 481 g/mol. The van der Waals surface area contributed by atoms with Crippen molar-refractivity contribution in [2.24, 2.45) is 5.92 Å². The number of anilines is 1. The van der Waals surface area contributed by atoms with Crippen molar-refractivity contribution in [2.45, 2.75) is 39.8 Å². The van der Waals surface area contributed by atoms with Gasteiger partial charge >= 0.3 is 0 Å². The second-order valence-electron chi connectivity index (χ2n) is 9.52. The molecule has 0 aliphatic carbocycles. The van der Waals surface area contributed by atoms with Crippen molar-refractivity contribution >= 4 is 11.7 Å². The minimum absolute atomic E-state index is 0.0849. The van der Waals surface area contributed by atoms with Gasteiger partial charge in [0.2, 0.25) is 5.91 Å². The smallest absolute Gasteiger partial charge is 0.228 e. The van der Waals surface area contributed by atoms with Crippen molar-refractivity contribution in [1.82, 2.24) is 24.6 Å². The predicted molar refractivity (Wildman–Crippen MR) is 141 cm³/mol. The first kappa shape index (κ1) is 23.7. The van der Waals surface area contributed by atoms with Crippen LogP contribution in [0.2, 0.25) is 0 Å². The molecule has 2 aromatic carbocycles. The molecule has 4 aromatic rings. The summed E-state index contributed by atoms with van der Waals surface area (Å²) in [6.45, 7) is 6.71. The Bertz CT molecular complexity index is 1260. The molecule has 0 radical (unpaired) electrons. The van der Waals surface area contributed by atoms with Crippen LogP contribution >= 0.6 is 0 Å². The number of hydrogen-bond donors (Lipinski definition) is 0. The summed E-state index contributed by atoms with van der Waals surface area (Å²) in [6, 6.07) is 24.5. The maximum atomic E-state index is 13.9. The van der Waals surface area contributed by atoms with E-state index < -0.39 is 0 Å². The fourth-order valence-corrected chi connectivity index (χ4v) is 4.95. The van der Waals surface area contributed by atoms with Gasteiger partial charge in [0.15, 0.2) is 5.82 Å². The Morgan fingerprint density at radius 1 is 0.917 bits per heavy atom. The molecule has 1 aliphatic heterocycles. The summed E-state index contributed by atoms with van der Waals surface area (Å²) < 4.78 is 1.84. The molecule has 7 nitrogen and oxygen atoms in total. The molecule has 3 heterocycles. The molecule has 0 spiro atoms. The molecule has 1 aliphatic rings. The molecule has 1 saturated heterocycles. The molecule has 0 saturated carbocycles. The van der Waals surface area contributed by atoms with Gasteiger partial charge < -0.3 is 9.80 Å². The number of amides is 1. The van der Waals surface area contributed by atoms with E-state index in [1.54, 1.807) is 6.33 Å². The van der Waals surface area contributed by atoms with E-state index in [1.807, 2.05) is 72.0 Å². The Hall–Kier alpha value is -4.00. The average Bonchev–Trinajstić information content (AvgIpc) is 3.27. The van der Waals surface area contributed by atoms with Gasteiger partial charge in [-0.25, -0.2) is 14.6 Å². The summed E-state index contributed by atoms with van der Waals surface area (Å²) in [7, 11) is 0. The highest BCUT2D eigenvalue weighted by Gasteiger charge is 2.30. The van der Waals surface area contributed by atoms with Gasteiger partial charge in [0.25, 0.3) is 0 Å². The summed E-state index contributed by atoms with van der Waals surface area (Å²) in [5, 5.41) is 4.56. The third kappa shape index (κ3) is 5.46. The molecule has 5 rings (SSSR count). The molecule has 36 heavy (non-hydrogen) atoms. The van der Waals surface area contributed by atoms with Crippen molar-refractivity contribution in [1.29, 1.82) is 0 Å². The summed E-state index contributed by atoms with van der Waals surface area (Å²) >= 11 is 0. The van der Waals surface area contributed by atoms with Crippen molar-refractivity contribution < 1.29 is 4.79 Å². The Labute approximate surface area is 212 Å². The van der Waals surface area contributed by atoms with Gasteiger partial charge in [-0.3, -0.25) is 4.79 Å². The lowest BCUT2D eigenvalue weighted by Gasteiger charge is -2.35. The highest BCUT2D eigenvalue weighted by molar-refractivity contribution is 5.80. The molecule has 1 fully saturated rings. The van der Waals surface area contributed by atoms with Crippen LogP contribution in [-0.4, -0.2) is 43.6 Å². The molecule has 0 N–H and O–H groups in total. The number of piperidine rings is 1. The Kier molecular flexibility index (Phi) is 7.07. The molecule has 1 unspecified atom stereocenters. The highest BCUT2D eigenvalue weighted by atomic mass is 16.2. The molecule has 2 aromatic heterocycles. The second kappa shape index (κ2) is 10.7. The van der Waals surface area contributed by atoms with Crippen molar-refractivity contribution in [3.05, 3.63) is 102 Å². The first-order chi connectivity index (χ1) is 17.6. The van der Waals surface area contributed by atoms with Gasteiger partial charge in [-0.1, -0.05) is 60.7 Å². The van der Waals surface area contributed by atoms with Crippen LogP contribution in [0, 0.1) is 19.8 Å². The normalized spacial score (nSPS) is 15.6. The van der Waals surface area contributed by atoms with E-state index in [0.29, 0.717) is 19.6 Å². The number of aromatic nitrogens is 4. The fraction of sp³-hybridized carbons (Fsp3) is 0.310. The van der Waals surface area contributed by atoms with Crippen molar-refractivity contribution in [2.75, 3.05) is 18.0 Å². The minimum Gasteiger partial charge on any atom is -0.356 e. The Balaban J connectivity index is 1.35. The van der Waals surface area contributed by atoms with Crippen LogP contribution in [0.3, 0.4) is 0 Å². The summed E-state index contributed by atoms with van der Waals surface area (Å²) in [4.78, 5) is 27.1. The minimum atomic E-state index is -0.0849. The van der Waals surface area contributed by atoms with Gasteiger partial charge in [-0.15, -0.1) is 0 Å². The number of rotatable bonds is 7. The molecule has 184 valence electrons. The van der Waals surface area contributed by atoms with Gasteiger partial charge in [-0.05, 0) is 43.9 Å². The van der Waals surface area contributed by atoms with Crippen LogP contribution in [0.25, 0.3) is 5.82 Å². The van der Waals surface area contributed by atoms with Crippen LogP contribution in [0.5, 0.6) is 0 Å². The summed E-state index contributed by atoms with van der Waals surface area (Å²) in [5.74, 6) is 1.69. The topological polar surface area (TPSA) is 67.2 Å². The number of carbonyl (C=O) groups excluding carboxylic acids is 1. The monoisotopic (exact) mass is 480 g/mol. The third-order valence-electron chi connectivity index (χ3n) is 6.70. The molecule has 0 bridgehead atoms. The van der Waals surface area contributed by atoms with Gasteiger partial charge in [0, 0.05) is 37.9 Å². The van der Waals surface area contributed by atoms with Crippen LogP contribution in [-0.2, 0) is 17.9 Å². The van der Waals surface area contributed by atoms with E-state index in [1.165, 1.54) is 0 Å². The molecule has 1 atom stereocenters. The maximum Gasteiger partial charge on any atom is 0.228 e. The predicted octanol–water partition coefficient (Wildman–Crippen LogP) is 4.72. The number of hydrogen-bond acceptors (Lipinski definition) is 5. The van der Waals surface area contributed by atoms with E-state index in [9.17, 15) is 4.79 Å². The quantitative estimate of drug-likeness (QED) is 0.383. The lowest BCUT2D eigenvalue weighted by molar-refractivity contribution is -0.137. The van der Waals surface area contributed by atoms with Gasteiger partial charge in [0.1, 0.15) is 12.1 Å². The molecular weight excluding hydrogens is 448 g/mol. The zero-order valence-corrected chi connectivity index (χ0v) is 20.9. The number of nitrogens with zero attached hydrogens (tertiary/aromatic N) is 6. The largest absolute Gasteiger partial charge is 0.356 e. The lowest BCUT2D eigenvalue weighted by Crippen LogP contribution is -2.44. The summed E-state index contributed by atoms with van der Waals surface area (Å²) in [6.07, 6.45) is 3.41. The first-order valence-corrected chi connectivity index (χ1v) is 12.5. The van der Waals surface area contributed by atoms with E-state index in [0.717, 1.165) is 53.5 Å². The van der Waals surface area contributed by atoms with E-state index in [4.69, 9.17) is 0 Å². The van der Waals surface area contributed by atoms with Crippen LogP contribution < -0.4 is 4.90 Å². The SMILES string of the molecule is Cc1cc(C)n(-c2cc(N3CCCC(C(=O)N(Cc4ccccc4)Cc4ccccc4)C3)ncn2)n1. The first-order valence-electron chi connectivity index (χ1n) is 12.5. The van der Waals surface area contributed by atoms with Crippen molar-refractivity contribution in [3.8, 4) is 5.82 Å². The molecule has 7 heteroatoms. The fourth-order valence-electron chi connectivity index (χ4n) is 4.95. The highest BCUT2D eigenvalue weighted by Crippen LogP contribution is 2.25. The zero-order valence-electron chi connectivity index (χ0n) is 20.9. The molecule has 1 amide bonds. The summed E-state index contributed by atoms with van der Waals surface area (Å²) in [5.41, 5.74) is 4.26. The maximum absolute atomic E-state index is 13.9. The van der Waals surface area contributed by atoms with Gasteiger partial charge in [-0.2, -0.15) is 5.10 Å². The number of aryl methyl sites for hydroxylation is 2. The zero-order chi connectivity index (χ0) is 24.9. The third-order valence-corrected chi connectivity index (χ3v) is 6.70. The Morgan fingerprint density at radius 2 is 1.56 bits per heavy atom. The molecular formula is C29H32N6O. The van der Waals surface area contributed by atoms with Crippen LogP contribution in [0.1, 0.15) is 35.4 Å².